The molecule has 1 heterocycles. The molecule has 0 aliphatic carbocycles. The fraction of sp³-hybridized carbons (Fsp3) is 0.212. The third kappa shape index (κ3) is 7.43. The van der Waals surface area contributed by atoms with Crippen molar-refractivity contribution in [1.82, 2.24) is 9.62 Å². The summed E-state index contributed by atoms with van der Waals surface area (Å²) < 4.78 is 34.8. The molecule has 1 aliphatic heterocycles. The van der Waals surface area contributed by atoms with Gasteiger partial charge in [0, 0.05) is 18.1 Å². The summed E-state index contributed by atoms with van der Waals surface area (Å²) in [5, 5.41) is 3.42. The van der Waals surface area contributed by atoms with Gasteiger partial charge in [-0.3, -0.25) is 9.59 Å². The minimum Gasteiger partial charge on any atom is -0.477 e. The van der Waals surface area contributed by atoms with Crippen LogP contribution in [-0.4, -0.2) is 50.3 Å². The van der Waals surface area contributed by atoms with Crippen molar-refractivity contribution >= 4 is 39.1 Å². The maximum absolute atomic E-state index is 13.9. The molecule has 0 saturated heterocycles. The number of rotatable bonds is 10. The van der Waals surface area contributed by atoms with E-state index in [9.17, 15) is 18.0 Å². The number of carbonyl (C=O) groups is 2. The molecule has 8 nitrogen and oxygen atoms in total. The number of fused-ring (bicyclic) bond motifs is 1. The van der Waals surface area contributed by atoms with Crippen LogP contribution in [-0.2, 0) is 32.6 Å². The van der Waals surface area contributed by atoms with Crippen LogP contribution in [0, 0.1) is 6.92 Å². The predicted molar refractivity (Wildman–Crippen MR) is 167 cm³/mol. The molecule has 0 radical (unpaired) electrons. The van der Waals surface area contributed by atoms with Gasteiger partial charge in [-0.15, -0.1) is 0 Å². The van der Waals surface area contributed by atoms with Crippen molar-refractivity contribution in [2.24, 2.45) is 0 Å². The van der Waals surface area contributed by atoms with Crippen LogP contribution in [0.15, 0.2) is 108 Å². The molecule has 5 rings (SSSR count). The molecule has 0 bridgehead atoms. The monoisotopic (exact) mass is 617 g/mol. The third-order valence-corrected chi connectivity index (χ3v) is 9.22. The van der Waals surface area contributed by atoms with E-state index in [1.165, 1.54) is 17.0 Å². The number of anilines is 1. The van der Waals surface area contributed by atoms with Gasteiger partial charge in [0.1, 0.15) is 5.75 Å². The number of nitrogens with zero attached hydrogens (tertiary/aromatic N) is 2. The fourth-order valence-corrected chi connectivity index (χ4v) is 6.31. The van der Waals surface area contributed by atoms with E-state index >= 15 is 0 Å². The number of ether oxygens (including phenoxy) is 1. The zero-order chi connectivity index (χ0) is 30.4. The van der Waals surface area contributed by atoms with Crippen LogP contribution in [0.3, 0.4) is 0 Å². The lowest BCUT2D eigenvalue weighted by molar-refractivity contribution is -0.128. The van der Waals surface area contributed by atoms with E-state index in [4.69, 9.17) is 16.3 Å². The summed E-state index contributed by atoms with van der Waals surface area (Å²) in [6.07, 6.45) is -0.317. The van der Waals surface area contributed by atoms with Crippen LogP contribution in [0.25, 0.3) is 0 Å². The van der Waals surface area contributed by atoms with Crippen molar-refractivity contribution in [1.29, 1.82) is 0 Å². The van der Waals surface area contributed by atoms with Crippen LogP contribution in [0.2, 0.25) is 5.02 Å². The standard InChI is InChI=1S/C33H32ClN3O5S/c1-24-11-17-28(18-12-24)43(40,41)36(21-26-13-15-27(34)16-14-26)23-32(38)37-22-31(42-30-10-6-5-9-29(30)37)33(39)35-20-19-25-7-3-2-4-8-25/h2-18,31H,19-23H2,1H3,(H,35,39)/t31-/m0/s1. The second-order valence-corrected chi connectivity index (χ2v) is 12.7. The van der Waals surface area contributed by atoms with Gasteiger partial charge in [-0.2, -0.15) is 4.31 Å². The van der Waals surface area contributed by atoms with Crippen molar-refractivity contribution in [3.05, 3.63) is 125 Å². The van der Waals surface area contributed by atoms with Crippen LogP contribution >= 0.6 is 11.6 Å². The third-order valence-electron chi connectivity index (χ3n) is 7.17. The lowest BCUT2D eigenvalue weighted by Crippen LogP contribution is -2.53. The molecule has 0 aromatic heterocycles. The lowest BCUT2D eigenvalue weighted by atomic mass is 10.1. The molecule has 0 fully saturated rings. The molecule has 1 aliphatic rings. The molecule has 43 heavy (non-hydrogen) atoms. The zero-order valence-electron chi connectivity index (χ0n) is 23.6. The summed E-state index contributed by atoms with van der Waals surface area (Å²) in [4.78, 5) is 28.6. The van der Waals surface area contributed by atoms with Gasteiger partial charge in [0.2, 0.25) is 15.9 Å². The number of nitrogens with one attached hydrogen (secondary N) is 1. The molecule has 222 valence electrons. The Hall–Kier alpha value is -4.18. The Labute approximate surface area is 256 Å². The first-order valence-electron chi connectivity index (χ1n) is 13.9. The Kier molecular flexibility index (Phi) is 9.45. The molecule has 0 saturated carbocycles. The van der Waals surface area contributed by atoms with Crippen LogP contribution < -0.4 is 15.0 Å². The quantitative estimate of drug-likeness (QED) is 0.270. The number of carbonyl (C=O) groups excluding carboxylic acids is 2. The van der Waals surface area contributed by atoms with E-state index in [-0.39, 0.29) is 23.9 Å². The molecule has 4 aromatic carbocycles. The van der Waals surface area contributed by atoms with Crippen LogP contribution in [0.5, 0.6) is 5.75 Å². The fourth-order valence-electron chi connectivity index (χ4n) is 4.81. The van der Waals surface area contributed by atoms with Crippen molar-refractivity contribution in [2.45, 2.75) is 30.9 Å². The van der Waals surface area contributed by atoms with Gasteiger partial charge < -0.3 is 15.0 Å². The number of hydrogen-bond donors (Lipinski definition) is 1. The lowest BCUT2D eigenvalue weighted by Gasteiger charge is -2.35. The predicted octanol–water partition coefficient (Wildman–Crippen LogP) is 4.99. The minimum absolute atomic E-state index is 0.0471. The average molecular weight is 618 g/mol. The molecule has 0 spiro atoms. The summed E-state index contributed by atoms with van der Waals surface area (Å²) in [7, 11) is -4.06. The van der Waals surface area contributed by atoms with Gasteiger partial charge in [0.25, 0.3) is 5.91 Å². The Morgan fingerprint density at radius 3 is 2.30 bits per heavy atom. The normalized spacial score (nSPS) is 14.6. The highest BCUT2D eigenvalue weighted by molar-refractivity contribution is 7.89. The largest absolute Gasteiger partial charge is 0.477 e. The topological polar surface area (TPSA) is 96.0 Å². The summed E-state index contributed by atoms with van der Waals surface area (Å²) >= 11 is 6.05. The van der Waals surface area contributed by atoms with Gasteiger partial charge in [0.05, 0.1) is 23.7 Å². The SMILES string of the molecule is Cc1ccc(S(=O)(=O)N(CC(=O)N2C[C@@H](C(=O)NCCc3ccccc3)Oc3ccccc32)Cc2ccc(Cl)cc2)cc1. The molecule has 2 amide bonds. The summed E-state index contributed by atoms with van der Waals surface area (Å²) in [5.41, 5.74) is 3.15. The molecule has 10 heteroatoms. The van der Waals surface area contributed by atoms with Gasteiger partial charge >= 0.3 is 0 Å². The second-order valence-electron chi connectivity index (χ2n) is 10.3. The van der Waals surface area contributed by atoms with E-state index in [0.717, 1.165) is 15.4 Å². The Bertz CT molecular complexity index is 1680. The Morgan fingerprint density at radius 1 is 0.907 bits per heavy atom. The van der Waals surface area contributed by atoms with Crippen molar-refractivity contribution in [3.8, 4) is 5.75 Å². The van der Waals surface area contributed by atoms with E-state index in [2.05, 4.69) is 5.32 Å². The first-order chi connectivity index (χ1) is 20.7. The number of halogens is 1. The Balaban J connectivity index is 1.37. The smallest absolute Gasteiger partial charge is 0.262 e. The van der Waals surface area contributed by atoms with Gasteiger partial charge in [-0.25, -0.2) is 8.42 Å². The van der Waals surface area contributed by atoms with Crippen LogP contribution in [0.4, 0.5) is 5.69 Å². The molecular weight excluding hydrogens is 586 g/mol. The highest BCUT2D eigenvalue weighted by atomic mass is 35.5. The molecule has 0 unspecified atom stereocenters. The molecule has 1 atom stereocenters. The van der Waals surface area contributed by atoms with Gasteiger partial charge in [-0.05, 0) is 60.9 Å². The second kappa shape index (κ2) is 13.4. The maximum atomic E-state index is 13.9. The minimum atomic E-state index is -4.06. The van der Waals surface area contributed by atoms with E-state index < -0.39 is 28.6 Å². The summed E-state index contributed by atoms with van der Waals surface area (Å²) in [5.74, 6) is -0.466. The number of benzene rings is 4. The van der Waals surface area contributed by atoms with Gasteiger partial charge in [0.15, 0.2) is 6.10 Å². The van der Waals surface area contributed by atoms with Crippen LogP contribution in [0.1, 0.15) is 16.7 Å². The van der Waals surface area contributed by atoms with Crippen molar-refractivity contribution in [2.75, 3.05) is 24.5 Å². The first-order valence-corrected chi connectivity index (χ1v) is 15.7. The highest BCUT2D eigenvalue weighted by Gasteiger charge is 2.36. The first kappa shape index (κ1) is 30.3. The molecule has 1 N–H and O–H groups in total. The number of para-hydroxylation sites is 2. The average Bonchev–Trinajstić information content (AvgIpc) is 3.01. The number of sulfonamides is 1. The van der Waals surface area contributed by atoms with E-state index in [1.807, 2.05) is 37.3 Å². The zero-order valence-corrected chi connectivity index (χ0v) is 25.2. The number of aryl methyl sites for hydroxylation is 1. The highest BCUT2D eigenvalue weighted by Crippen LogP contribution is 2.33. The van der Waals surface area contributed by atoms with Crippen molar-refractivity contribution in [3.63, 3.8) is 0 Å². The summed E-state index contributed by atoms with van der Waals surface area (Å²) in [6.45, 7) is 1.72. The Morgan fingerprint density at radius 2 is 1.58 bits per heavy atom. The maximum Gasteiger partial charge on any atom is 0.262 e. The van der Waals surface area contributed by atoms with E-state index in [1.54, 1.807) is 60.7 Å². The van der Waals surface area contributed by atoms with Crippen molar-refractivity contribution < 1.29 is 22.7 Å². The summed E-state index contributed by atoms with van der Waals surface area (Å²) in [6, 6.07) is 30.0. The number of hydrogen-bond acceptors (Lipinski definition) is 5. The van der Waals surface area contributed by atoms with Gasteiger partial charge in [-0.1, -0.05) is 83.9 Å². The number of amides is 2. The van der Waals surface area contributed by atoms with E-state index in [0.29, 0.717) is 35.0 Å². The molecule has 4 aromatic rings. The molecular formula is C33H32ClN3O5S.